The van der Waals surface area contributed by atoms with Gasteiger partial charge in [-0.1, -0.05) is 65.2 Å². The van der Waals surface area contributed by atoms with Crippen molar-refractivity contribution in [1.29, 1.82) is 0 Å². The topological polar surface area (TPSA) is 29.1 Å². The third-order valence-electron chi connectivity index (χ3n) is 5.23. The molecule has 2 aromatic rings. The molecule has 1 fully saturated rings. The summed E-state index contributed by atoms with van der Waals surface area (Å²) in [6.45, 7) is 0.654. The number of fused-ring (bicyclic) bond motifs is 1. The minimum atomic E-state index is -0.111. The van der Waals surface area contributed by atoms with E-state index < -0.39 is 0 Å². The van der Waals surface area contributed by atoms with E-state index in [1.807, 2.05) is 42.5 Å². The summed E-state index contributed by atoms with van der Waals surface area (Å²) in [5.74, 6) is 0.368. The van der Waals surface area contributed by atoms with E-state index >= 15 is 0 Å². The highest BCUT2D eigenvalue weighted by molar-refractivity contribution is 6.35. The molecule has 1 aliphatic carbocycles. The van der Waals surface area contributed by atoms with Gasteiger partial charge in [-0.25, -0.2) is 0 Å². The van der Waals surface area contributed by atoms with Crippen LogP contribution in [0.4, 0.5) is 0 Å². The lowest BCUT2D eigenvalue weighted by Gasteiger charge is -2.36. The molecule has 25 heavy (non-hydrogen) atoms. The molecule has 2 aliphatic rings. The summed E-state index contributed by atoms with van der Waals surface area (Å²) in [7, 11) is 0. The first kappa shape index (κ1) is 17.0. The largest absolute Gasteiger partial charge is 0.355 e. The molecule has 4 unspecified atom stereocenters. The molecule has 1 heterocycles. The average Bonchev–Trinajstić information content (AvgIpc) is 2.97. The molecule has 2 nitrogen and oxygen atoms in total. The fraction of sp³-hybridized carbons (Fsp3) is 0.250. The smallest absolute Gasteiger partial charge is 0.227 e. The SMILES string of the molecule is O=C1NCC2C1C=CC(c1ccc(Cl)cc1)C2c1ccc(Cl)cc1Cl. The third-order valence-corrected chi connectivity index (χ3v) is 6.04. The van der Waals surface area contributed by atoms with Gasteiger partial charge in [0, 0.05) is 33.4 Å². The van der Waals surface area contributed by atoms with Crippen LogP contribution >= 0.6 is 34.8 Å². The van der Waals surface area contributed by atoms with E-state index in [4.69, 9.17) is 34.8 Å². The first-order chi connectivity index (χ1) is 12.0. The number of allylic oxidation sites excluding steroid dienone is 1. The molecule has 1 amide bonds. The van der Waals surface area contributed by atoms with Crippen LogP contribution in [-0.2, 0) is 4.79 Å². The summed E-state index contributed by atoms with van der Waals surface area (Å²) in [5, 5.41) is 4.96. The van der Waals surface area contributed by atoms with Crippen LogP contribution in [0.3, 0.4) is 0 Å². The molecule has 5 heteroatoms. The second kappa shape index (κ2) is 6.68. The predicted octanol–water partition coefficient (Wildman–Crippen LogP) is 5.45. The van der Waals surface area contributed by atoms with Gasteiger partial charge in [-0.2, -0.15) is 0 Å². The van der Waals surface area contributed by atoms with Gasteiger partial charge in [0.2, 0.25) is 5.91 Å². The lowest BCUT2D eigenvalue weighted by molar-refractivity contribution is -0.121. The number of rotatable bonds is 2. The van der Waals surface area contributed by atoms with Crippen molar-refractivity contribution in [2.75, 3.05) is 6.54 Å². The number of hydrogen-bond acceptors (Lipinski definition) is 1. The highest BCUT2D eigenvalue weighted by Crippen LogP contribution is 2.49. The van der Waals surface area contributed by atoms with Crippen molar-refractivity contribution < 1.29 is 4.79 Å². The molecular formula is C20H16Cl3NO. The number of halogens is 3. The standard InChI is InChI=1S/C20H16Cl3NO/c21-12-3-1-11(2-4-12)14-7-8-15-17(10-24-20(15)25)19(14)16-6-5-13(22)9-18(16)23/h1-9,14-15,17,19H,10H2,(H,24,25). The van der Waals surface area contributed by atoms with E-state index in [1.165, 1.54) is 0 Å². The first-order valence-electron chi connectivity index (χ1n) is 8.21. The summed E-state index contributed by atoms with van der Waals surface area (Å²) in [5.41, 5.74) is 2.19. The fourth-order valence-electron chi connectivity index (χ4n) is 4.06. The van der Waals surface area contributed by atoms with Gasteiger partial charge in [0.25, 0.3) is 0 Å². The van der Waals surface area contributed by atoms with Crippen LogP contribution in [0.15, 0.2) is 54.6 Å². The predicted molar refractivity (Wildman–Crippen MR) is 103 cm³/mol. The van der Waals surface area contributed by atoms with E-state index in [-0.39, 0.29) is 29.6 Å². The summed E-state index contributed by atoms with van der Waals surface area (Å²) in [4.78, 5) is 12.2. The zero-order valence-corrected chi connectivity index (χ0v) is 15.5. The zero-order chi connectivity index (χ0) is 17.6. The van der Waals surface area contributed by atoms with Crippen molar-refractivity contribution in [2.45, 2.75) is 11.8 Å². The molecule has 0 radical (unpaired) electrons. The second-order valence-corrected chi connectivity index (χ2v) is 7.87. The summed E-state index contributed by atoms with van der Waals surface area (Å²) < 4.78 is 0. The Morgan fingerprint density at radius 2 is 1.56 bits per heavy atom. The molecule has 4 atom stereocenters. The van der Waals surface area contributed by atoms with E-state index in [0.29, 0.717) is 21.6 Å². The third kappa shape index (κ3) is 3.08. The van der Waals surface area contributed by atoms with Crippen molar-refractivity contribution in [3.63, 3.8) is 0 Å². The van der Waals surface area contributed by atoms with E-state index in [9.17, 15) is 4.79 Å². The minimum Gasteiger partial charge on any atom is -0.355 e. The van der Waals surface area contributed by atoms with Gasteiger partial charge in [0.1, 0.15) is 0 Å². The normalized spacial score (nSPS) is 27.9. The Balaban J connectivity index is 1.83. The van der Waals surface area contributed by atoms with Gasteiger partial charge >= 0.3 is 0 Å². The van der Waals surface area contributed by atoms with Crippen LogP contribution in [0.1, 0.15) is 23.0 Å². The lowest BCUT2D eigenvalue weighted by atomic mass is 9.67. The van der Waals surface area contributed by atoms with Crippen molar-refractivity contribution in [1.82, 2.24) is 5.32 Å². The highest BCUT2D eigenvalue weighted by atomic mass is 35.5. The van der Waals surface area contributed by atoms with Gasteiger partial charge in [-0.15, -0.1) is 0 Å². The van der Waals surface area contributed by atoms with Gasteiger partial charge in [0.15, 0.2) is 0 Å². The molecular weight excluding hydrogens is 377 g/mol. The van der Waals surface area contributed by atoms with Crippen LogP contribution in [0.2, 0.25) is 15.1 Å². The summed E-state index contributed by atoms with van der Waals surface area (Å²) in [6.07, 6.45) is 4.16. The van der Waals surface area contributed by atoms with E-state index in [1.54, 1.807) is 6.07 Å². The second-order valence-electron chi connectivity index (χ2n) is 6.59. The molecule has 128 valence electrons. The number of carbonyl (C=O) groups excluding carboxylic acids is 1. The maximum absolute atomic E-state index is 12.2. The van der Waals surface area contributed by atoms with Crippen molar-refractivity contribution in [2.24, 2.45) is 11.8 Å². The number of carbonyl (C=O) groups is 1. The number of amides is 1. The Hall–Kier alpha value is -1.48. The Kier molecular flexibility index (Phi) is 4.53. The monoisotopic (exact) mass is 391 g/mol. The van der Waals surface area contributed by atoms with Gasteiger partial charge in [-0.3, -0.25) is 4.79 Å². The Morgan fingerprint density at radius 3 is 2.28 bits per heavy atom. The molecule has 0 saturated carbocycles. The van der Waals surface area contributed by atoms with Crippen molar-refractivity contribution in [3.05, 3.63) is 80.8 Å². The Morgan fingerprint density at radius 1 is 0.880 bits per heavy atom. The van der Waals surface area contributed by atoms with Crippen LogP contribution in [0.5, 0.6) is 0 Å². The minimum absolute atomic E-state index is 0.0888. The quantitative estimate of drug-likeness (QED) is 0.677. The average molecular weight is 393 g/mol. The molecule has 1 N–H and O–H groups in total. The van der Waals surface area contributed by atoms with Crippen LogP contribution in [0, 0.1) is 11.8 Å². The molecule has 1 aliphatic heterocycles. The van der Waals surface area contributed by atoms with E-state index in [2.05, 4.69) is 11.4 Å². The zero-order valence-electron chi connectivity index (χ0n) is 13.3. The maximum Gasteiger partial charge on any atom is 0.227 e. The van der Waals surface area contributed by atoms with Crippen molar-refractivity contribution >= 4 is 40.7 Å². The fourth-order valence-corrected chi connectivity index (χ4v) is 4.72. The molecule has 2 aromatic carbocycles. The molecule has 1 saturated heterocycles. The lowest BCUT2D eigenvalue weighted by Crippen LogP contribution is -2.29. The van der Waals surface area contributed by atoms with Gasteiger partial charge in [0.05, 0.1) is 5.92 Å². The van der Waals surface area contributed by atoms with Crippen LogP contribution in [0.25, 0.3) is 0 Å². The van der Waals surface area contributed by atoms with Gasteiger partial charge < -0.3 is 5.32 Å². The summed E-state index contributed by atoms with van der Waals surface area (Å²) in [6, 6.07) is 13.5. The first-order valence-corrected chi connectivity index (χ1v) is 9.34. The van der Waals surface area contributed by atoms with Crippen LogP contribution in [-0.4, -0.2) is 12.5 Å². The number of nitrogens with one attached hydrogen (secondary N) is 1. The molecule has 0 spiro atoms. The maximum atomic E-state index is 12.2. The van der Waals surface area contributed by atoms with E-state index in [0.717, 1.165) is 11.1 Å². The molecule has 0 bridgehead atoms. The summed E-state index contributed by atoms with van der Waals surface area (Å²) >= 11 is 18.7. The Bertz CT molecular complexity index is 847. The van der Waals surface area contributed by atoms with Crippen LogP contribution < -0.4 is 5.32 Å². The number of hydrogen-bond donors (Lipinski definition) is 1. The van der Waals surface area contributed by atoms with Gasteiger partial charge in [-0.05, 0) is 41.3 Å². The van der Waals surface area contributed by atoms with Crippen molar-refractivity contribution in [3.8, 4) is 0 Å². The molecule has 4 rings (SSSR count). The Labute approximate surface area is 161 Å². The molecule has 0 aromatic heterocycles. The number of benzene rings is 2. The highest BCUT2D eigenvalue weighted by Gasteiger charge is 2.45.